The number of rotatable bonds is 4. The Morgan fingerprint density at radius 1 is 1.26 bits per heavy atom. The topological polar surface area (TPSA) is 40.5 Å². The standard InChI is InChI=1S/C15H20ClNO2/c16-14-9-5-4-8-13(14)15(19)17(10-11-18)12-6-2-1-3-7-12/h4-5,8-9,12,18H,1-3,6-7,10-11H2. The molecular formula is C15H20ClNO2. The fraction of sp³-hybridized carbons (Fsp3) is 0.533. The average molecular weight is 282 g/mol. The van der Waals surface area contributed by atoms with E-state index in [-0.39, 0.29) is 18.6 Å². The van der Waals surface area contributed by atoms with Crippen molar-refractivity contribution in [1.82, 2.24) is 4.90 Å². The Balaban J connectivity index is 2.18. The zero-order valence-electron chi connectivity index (χ0n) is 11.0. The summed E-state index contributed by atoms with van der Waals surface area (Å²) in [5.74, 6) is -0.0634. The Kier molecular flexibility index (Phi) is 5.23. The first-order valence-electron chi connectivity index (χ1n) is 6.90. The summed E-state index contributed by atoms with van der Waals surface area (Å²) in [7, 11) is 0. The predicted molar refractivity (Wildman–Crippen MR) is 76.4 cm³/mol. The van der Waals surface area contributed by atoms with E-state index in [1.165, 1.54) is 6.42 Å². The largest absolute Gasteiger partial charge is 0.395 e. The third-order valence-electron chi connectivity index (χ3n) is 3.72. The monoisotopic (exact) mass is 281 g/mol. The number of hydrogen-bond acceptors (Lipinski definition) is 2. The quantitative estimate of drug-likeness (QED) is 0.921. The number of carbonyl (C=O) groups excluding carboxylic acids is 1. The molecule has 0 unspecified atom stereocenters. The van der Waals surface area contributed by atoms with E-state index >= 15 is 0 Å². The zero-order valence-corrected chi connectivity index (χ0v) is 11.8. The second kappa shape index (κ2) is 6.92. The zero-order chi connectivity index (χ0) is 13.7. The van der Waals surface area contributed by atoms with E-state index in [9.17, 15) is 9.90 Å². The van der Waals surface area contributed by atoms with Crippen molar-refractivity contribution in [2.45, 2.75) is 38.1 Å². The van der Waals surface area contributed by atoms with E-state index in [4.69, 9.17) is 11.6 Å². The summed E-state index contributed by atoms with van der Waals surface area (Å²) < 4.78 is 0. The van der Waals surface area contributed by atoms with Crippen LogP contribution in [-0.2, 0) is 0 Å². The van der Waals surface area contributed by atoms with Crippen LogP contribution >= 0.6 is 11.6 Å². The molecule has 0 aromatic heterocycles. The molecule has 0 radical (unpaired) electrons. The molecule has 0 bridgehead atoms. The number of carbonyl (C=O) groups is 1. The Morgan fingerprint density at radius 3 is 2.58 bits per heavy atom. The van der Waals surface area contributed by atoms with Gasteiger partial charge >= 0.3 is 0 Å². The summed E-state index contributed by atoms with van der Waals surface area (Å²) in [6.45, 7) is 0.376. The van der Waals surface area contributed by atoms with Crippen molar-refractivity contribution >= 4 is 17.5 Å². The van der Waals surface area contributed by atoms with Crippen molar-refractivity contribution in [2.75, 3.05) is 13.2 Å². The van der Waals surface area contributed by atoms with Crippen molar-refractivity contribution in [3.05, 3.63) is 34.9 Å². The highest BCUT2D eigenvalue weighted by Crippen LogP contribution is 2.25. The average Bonchev–Trinajstić information content (AvgIpc) is 2.45. The van der Waals surface area contributed by atoms with Gasteiger partial charge in [0.2, 0.25) is 0 Å². The fourth-order valence-electron chi connectivity index (χ4n) is 2.74. The van der Waals surface area contributed by atoms with Gasteiger partial charge in [-0.25, -0.2) is 0 Å². The van der Waals surface area contributed by atoms with Crippen LogP contribution in [0.1, 0.15) is 42.5 Å². The summed E-state index contributed by atoms with van der Waals surface area (Å²) in [5.41, 5.74) is 0.531. The van der Waals surface area contributed by atoms with Gasteiger partial charge in [-0.2, -0.15) is 0 Å². The first-order valence-corrected chi connectivity index (χ1v) is 7.28. The minimum Gasteiger partial charge on any atom is -0.395 e. The minimum atomic E-state index is -0.0634. The molecule has 104 valence electrons. The molecule has 1 amide bonds. The lowest BCUT2D eigenvalue weighted by Gasteiger charge is -2.34. The smallest absolute Gasteiger partial charge is 0.255 e. The Hall–Kier alpha value is -1.06. The molecule has 0 heterocycles. The van der Waals surface area contributed by atoms with Gasteiger partial charge in [0.1, 0.15) is 0 Å². The van der Waals surface area contributed by atoms with Crippen LogP contribution in [0.15, 0.2) is 24.3 Å². The van der Waals surface area contributed by atoms with Crippen LogP contribution < -0.4 is 0 Å². The molecule has 1 aliphatic rings. The molecule has 0 aliphatic heterocycles. The molecule has 0 saturated heterocycles. The molecule has 2 rings (SSSR count). The van der Waals surface area contributed by atoms with Crippen LogP contribution in [0.2, 0.25) is 5.02 Å². The Labute approximate surface area is 119 Å². The van der Waals surface area contributed by atoms with Crippen LogP contribution in [-0.4, -0.2) is 35.1 Å². The van der Waals surface area contributed by atoms with E-state index in [0.29, 0.717) is 17.1 Å². The highest BCUT2D eigenvalue weighted by atomic mass is 35.5. The molecule has 1 aromatic carbocycles. The number of aliphatic hydroxyl groups excluding tert-OH is 1. The summed E-state index contributed by atoms with van der Waals surface area (Å²) in [5, 5.41) is 9.68. The van der Waals surface area contributed by atoms with Crippen LogP contribution in [0, 0.1) is 0 Å². The molecule has 0 atom stereocenters. The Bertz CT molecular complexity index is 430. The molecule has 19 heavy (non-hydrogen) atoms. The van der Waals surface area contributed by atoms with Gasteiger partial charge in [-0.05, 0) is 25.0 Å². The van der Waals surface area contributed by atoms with Crippen LogP contribution in [0.5, 0.6) is 0 Å². The fourth-order valence-corrected chi connectivity index (χ4v) is 2.96. The molecule has 4 heteroatoms. The van der Waals surface area contributed by atoms with E-state index < -0.39 is 0 Å². The second-order valence-electron chi connectivity index (χ2n) is 4.99. The van der Waals surface area contributed by atoms with Crippen molar-refractivity contribution in [3.8, 4) is 0 Å². The summed E-state index contributed by atoms with van der Waals surface area (Å²) >= 11 is 6.09. The lowest BCUT2D eigenvalue weighted by atomic mass is 9.93. The normalized spacial score (nSPS) is 16.3. The van der Waals surface area contributed by atoms with Crippen molar-refractivity contribution in [1.29, 1.82) is 0 Å². The highest BCUT2D eigenvalue weighted by Gasteiger charge is 2.26. The van der Waals surface area contributed by atoms with Gasteiger partial charge in [-0.1, -0.05) is 43.0 Å². The van der Waals surface area contributed by atoms with Gasteiger partial charge in [0.15, 0.2) is 0 Å². The predicted octanol–water partition coefficient (Wildman–Crippen LogP) is 3.11. The van der Waals surface area contributed by atoms with Crippen LogP contribution in [0.4, 0.5) is 0 Å². The highest BCUT2D eigenvalue weighted by molar-refractivity contribution is 6.33. The number of hydrogen-bond donors (Lipinski definition) is 1. The van der Waals surface area contributed by atoms with Gasteiger partial charge in [0, 0.05) is 12.6 Å². The number of amides is 1. The maximum Gasteiger partial charge on any atom is 0.255 e. The molecule has 1 aromatic rings. The first-order chi connectivity index (χ1) is 9.24. The molecule has 1 aliphatic carbocycles. The third kappa shape index (κ3) is 3.48. The summed E-state index contributed by atoms with van der Waals surface area (Å²) in [4.78, 5) is 14.4. The Morgan fingerprint density at radius 2 is 1.95 bits per heavy atom. The summed E-state index contributed by atoms with van der Waals surface area (Å²) in [6.07, 6.45) is 5.60. The van der Waals surface area contributed by atoms with Gasteiger partial charge in [-0.15, -0.1) is 0 Å². The maximum atomic E-state index is 12.6. The van der Waals surface area contributed by atoms with E-state index in [1.807, 2.05) is 12.1 Å². The van der Waals surface area contributed by atoms with Crippen molar-refractivity contribution in [2.24, 2.45) is 0 Å². The minimum absolute atomic E-state index is 0.00725. The van der Waals surface area contributed by atoms with Crippen molar-refractivity contribution in [3.63, 3.8) is 0 Å². The van der Waals surface area contributed by atoms with Gasteiger partial charge in [0.05, 0.1) is 17.2 Å². The number of aliphatic hydroxyl groups is 1. The van der Waals surface area contributed by atoms with Gasteiger partial charge < -0.3 is 10.0 Å². The number of nitrogens with zero attached hydrogens (tertiary/aromatic N) is 1. The molecule has 3 nitrogen and oxygen atoms in total. The first kappa shape index (κ1) is 14.4. The van der Waals surface area contributed by atoms with Crippen molar-refractivity contribution < 1.29 is 9.90 Å². The van der Waals surface area contributed by atoms with Gasteiger partial charge in [-0.3, -0.25) is 4.79 Å². The SMILES string of the molecule is O=C(c1ccccc1Cl)N(CCO)C1CCCCC1. The molecule has 1 fully saturated rings. The lowest BCUT2D eigenvalue weighted by Crippen LogP contribution is -2.43. The van der Waals surface area contributed by atoms with Gasteiger partial charge in [0.25, 0.3) is 5.91 Å². The number of benzene rings is 1. The summed E-state index contributed by atoms with van der Waals surface area (Å²) in [6, 6.07) is 7.35. The van der Waals surface area contributed by atoms with E-state index in [1.54, 1.807) is 17.0 Å². The third-order valence-corrected chi connectivity index (χ3v) is 4.05. The van der Waals surface area contributed by atoms with Crippen LogP contribution in [0.25, 0.3) is 0 Å². The number of halogens is 1. The van der Waals surface area contributed by atoms with E-state index in [0.717, 1.165) is 25.7 Å². The molecular weight excluding hydrogens is 262 g/mol. The van der Waals surface area contributed by atoms with Crippen LogP contribution in [0.3, 0.4) is 0 Å². The maximum absolute atomic E-state index is 12.6. The molecule has 1 N–H and O–H groups in total. The second-order valence-corrected chi connectivity index (χ2v) is 5.40. The molecule has 0 spiro atoms. The molecule has 1 saturated carbocycles. The van der Waals surface area contributed by atoms with E-state index in [2.05, 4.69) is 0 Å². The lowest BCUT2D eigenvalue weighted by molar-refractivity contribution is 0.0585.